The molecule has 0 bridgehead atoms. The Kier molecular flexibility index (Phi) is 7.23. The normalized spacial score (nSPS) is 10.6. The first-order chi connectivity index (χ1) is 7.43. The number of carbonyl (C=O) groups excluding carboxylic acids is 1. The Labute approximate surface area is 94.7 Å². The highest BCUT2D eigenvalue weighted by atomic mass is 16.7. The third-order valence-corrected chi connectivity index (χ3v) is 1.99. The molecule has 0 aromatic heterocycles. The largest absolute Gasteiger partial charge is 0.479 e. The monoisotopic (exact) mass is 233 g/mol. The molecule has 0 aromatic rings. The Morgan fingerprint density at radius 2 is 2.06 bits per heavy atom. The number of carboxylic acids is 1. The zero-order valence-electron chi connectivity index (χ0n) is 9.82. The summed E-state index contributed by atoms with van der Waals surface area (Å²) in [5.74, 6) is -1.14. The Morgan fingerprint density at radius 1 is 1.44 bits per heavy atom. The number of nitrogens with one attached hydrogen (secondary N) is 2. The molecule has 2 amide bonds. The number of hydrogen-bond acceptors (Lipinski definition) is 4. The molecule has 0 aliphatic heterocycles. The maximum absolute atomic E-state index is 11.0. The summed E-state index contributed by atoms with van der Waals surface area (Å²) in [5, 5.41) is 10.8. The van der Waals surface area contributed by atoms with E-state index in [4.69, 9.17) is 5.11 Å². The maximum atomic E-state index is 11.0. The van der Waals surface area contributed by atoms with E-state index in [9.17, 15) is 9.59 Å². The van der Waals surface area contributed by atoms with Crippen LogP contribution in [-0.2, 0) is 9.63 Å². The van der Waals surface area contributed by atoms with Crippen LogP contribution in [0, 0.1) is 0 Å². The van der Waals surface area contributed by atoms with Crippen molar-refractivity contribution in [2.45, 2.75) is 19.9 Å². The molecule has 0 rings (SSSR count). The minimum Gasteiger partial charge on any atom is -0.479 e. The van der Waals surface area contributed by atoms with Gasteiger partial charge in [0, 0.05) is 19.1 Å². The van der Waals surface area contributed by atoms with Gasteiger partial charge in [-0.2, -0.15) is 0 Å². The van der Waals surface area contributed by atoms with E-state index >= 15 is 0 Å². The van der Waals surface area contributed by atoms with Crippen LogP contribution in [0.25, 0.3) is 0 Å². The molecule has 0 aromatic carbocycles. The molecule has 7 heteroatoms. The summed E-state index contributed by atoms with van der Waals surface area (Å²) in [6.45, 7) is 4.73. The van der Waals surface area contributed by atoms with Gasteiger partial charge < -0.3 is 15.3 Å². The van der Waals surface area contributed by atoms with Gasteiger partial charge in [-0.3, -0.25) is 4.84 Å². The highest BCUT2D eigenvalue weighted by Crippen LogP contribution is 1.90. The molecule has 7 nitrogen and oxygen atoms in total. The van der Waals surface area contributed by atoms with Crippen molar-refractivity contribution in [2.75, 3.05) is 26.7 Å². The summed E-state index contributed by atoms with van der Waals surface area (Å²) >= 11 is 0. The van der Waals surface area contributed by atoms with Crippen LogP contribution in [0.15, 0.2) is 0 Å². The third kappa shape index (κ3) is 8.01. The van der Waals surface area contributed by atoms with E-state index in [0.717, 1.165) is 0 Å². The first kappa shape index (κ1) is 14.7. The summed E-state index contributed by atoms with van der Waals surface area (Å²) in [6, 6.07) is -0.133. The van der Waals surface area contributed by atoms with Gasteiger partial charge in [-0.15, -0.1) is 0 Å². The van der Waals surface area contributed by atoms with Gasteiger partial charge in [0.15, 0.2) is 6.61 Å². The van der Waals surface area contributed by atoms with Gasteiger partial charge in [0.1, 0.15) is 0 Å². The Morgan fingerprint density at radius 3 is 2.56 bits per heavy atom. The third-order valence-electron chi connectivity index (χ3n) is 1.99. The number of hydrogen-bond donors (Lipinski definition) is 3. The summed E-state index contributed by atoms with van der Waals surface area (Å²) in [7, 11) is 1.95. The molecule has 0 aliphatic rings. The van der Waals surface area contributed by atoms with Crippen molar-refractivity contribution in [1.29, 1.82) is 0 Å². The van der Waals surface area contributed by atoms with Gasteiger partial charge in [-0.05, 0) is 20.9 Å². The van der Waals surface area contributed by atoms with Gasteiger partial charge in [0.25, 0.3) is 0 Å². The fourth-order valence-corrected chi connectivity index (χ4v) is 0.803. The van der Waals surface area contributed by atoms with Crippen LogP contribution >= 0.6 is 0 Å². The van der Waals surface area contributed by atoms with E-state index < -0.39 is 18.6 Å². The number of hydroxylamine groups is 1. The second-order valence-corrected chi connectivity index (χ2v) is 3.61. The fourth-order valence-electron chi connectivity index (χ4n) is 0.803. The number of carbonyl (C=O) groups is 2. The molecule has 0 aliphatic carbocycles. The molecule has 0 heterocycles. The van der Waals surface area contributed by atoms with Crippen LogP contribution in [-0.4, -0.2) is 54.8 Å². The Balaban J connectivity index is 3.47. The summed E-state index contributed by atoms with van der Waals surface area (Å²) in [4.78, 5) is 27.5. The summed E-state index contributed by atoms with van der Waals surface area (Å²) in [5.41, 5.74) is 1.97. The Bertz CT molecular complexity index is 233. The van der Waals surface area contributed by atoms with E-state index in [1.807, 2.05) is 12.5 Å². The average molecular weight is 233 g/mol. The molecule has 16 heavy (non-hydrogen) atoms. The van der Waals surface area contributed by atoms with E-state index in [1.54, 1.807) is 0 Å². The van der Waals surface area contributed by atoms with Gasteiger partial charge in [0.05, 0.1) is 0 Å². The smallest absolute Gasteiger partial charge is 0.338 e. The summed E-state index contributed by atoms with van der Waals surface area (Å²) in [6.07, 6.45) is 0. The molecular formula is C9H19N3O4. The molecule has 3 N–H and O–H groups in total. The van der Waals surface area contributed by atoms with Crippen molar-refractivity contribution in [1.82, 2.24) is 15.7 Å². The number of likely N-dealkylation sites (N-methyl/N-ethyl adjacent to an activating group) is 1. The quantitative estimate of drug-likeness (QED) is 0.522. The molecule has 0 unspecified atom stereocenters. The second-order valence-electron chi connectivity index (χ2n) is 3.61. The zero-order chi connectivity index (χ0) is 12.6. The number of amides is 2. The van der Waals surface area contributed by atoms with Crippen molar-refractivity contribution in [3.8, 4) is 0 Å². The number of rotatable bonds is 7. The lowest BCUT2D eigenvalue weighted by Crippen LogP contribution is -2.41. The number of urea groups is 1. The topological polar surface area (TPSA) is 90.9 Å². The standard InChI is InChI=1S/C9H19N3O4/c1-7(2)12(3)5-4-10-9(15)11-16-6-8(13)14/h7H,4-6H2,1-3H3,(H,13,14)(H2,10,11,15). The average Bonchev–Trinajstić information content (AvgIpc) is 2.16. The predicted molar refractivity (Wildman–Crippen MR) is 57.9 cm³/mol. The number of aliphatic carboxylic acids is 1. The van der Waals surface area contributed by atoms with Crippen LogP contribution in [0.1, 0.15) is 13.8 Å². The van der Waals surface area contributed by atoms with Gasteiger partial charge in [-0.25, -0.2) is 15.1 Å². The van der Waals surface area contributed by atoms with Crippen LogP contribution in [0.2, 0.25) is 0 Å². The van der Waals surface area contributed by atoms with Gasteiger partial charge in [0.2, 0.25) is 0 Å². The lowest BCUT2D eigenvalue weighted by atomic mass is 10.3. The first-order valence-corrected chi connectivity index (χ1v) is 5.01. The van der Waals surface area contributed by atoms with Crippen molar-refractivity contribution < 1.29 is 19.5 Å². The maximum Gasteiger partial charge on any atom is 0.338 e. The minimum atomic E-state index is -1.14. The fraction of sp³-hybridized carbons (Fsp3) is 0.778. The van der Waals surface area contributed by atoms with E-state index in [2.05, 4.69) is 28.9 Å². The highest BCUT2D eigenvalue weighted by Gasteiger charge is 2.04. The van der Waals surface area contributed by atoms with E-state index in [-0.39, 0.29) is 0 Å². The second kappa shape index (κ2) is 7.89. The highest BCUT2D eigenvalue weighted by molar-refractivity contribution is 5.73. The van der Waals surface area contributed by atoms with Crippen LogP contribution in [0.3, 0.4) is 0 Å². The van der Waals surface area contributed by atoms with Gasteiger partial charge >= 0.3 is 12.0 Å². The van der Waals surface area contributed by atoms with Crippen LogP contribution in [0.5, 0.6) is 0 Å². The number of nitrogens with zero attached hydrogens (tertiary/aromatic N) is 1. The number of carboxylic acid groups (broad SMARTS) is 1. The van der Waals surface area contributed by atoms with Gasteiger partial charge in [-0.1, -0.05) is 0 Å². The van der Waals surface area contributed by atoms with Crippen LogP contribution in [0.4, 0.5) is 4.79 Å². The molecule has 0 radical (unpaired) electrons. The minimum absolute atomic E-state index is 0.410. The van der Waals surface area contributed by atoms with Crippen molar-refractivity contribution >= 4 is 12.0 Å². The molecule has 0 saturated heterocycles. The lowest BCUT2D eigenvalue weighted by Gasteiger charge is -2.20. The molecular weight excluding hydrogens is 214 g/mol. The van der Waals surface area contributed by atoms with Crippen molar-refractivity contribution in [2.24, 2.45) is 0 Å². The molecule has 94 valence electrons. The predicted octanol–water partition coefficient (Wildman–Crippen LogP) is -0.358. The summed E-state index contributed by atoms with van der Waals surface area (Å²) < 4.78 is 0. The molecule has 0 atom stereocenters. The van der Waals surface area contributed by atoms with Crippen LogP contribution < -0.4 is 10.8 Å². The zero-order valence-corrected chi connectivity index (χ0v) is 9.82. The molecule has 0 spiro atoms. The molecule has 0 saturated carbocycles. The van der Waals surface area contributed by atoms with E-state index in [0.29, 0.717) is 19.1 Å². The van der Waals surface area contributed by atoms with Crippen molar-refractivity contribution in [3.63, 3.8) is 0 Å². The lowest BCUT2D eigenvalue weighted by molar-refractivity contribution is -0.144. The Hall–Kier alpha value is -1.34. The SMILES string of the molecule is CC(C)N(C)CCNC(=O)NOCC(=O)O. The first-order valence-electron chi connectivity index (χ1n) is 5.01. The molecule has 0 fully saturated rings. The van der Waals surface area contributed by atoms with E-state index in [1.165, 1.54) is 0 Å². The van der Waals surface area contributed by atoms with Crippen molar-refractivity contribution in [3.05, 3.63) is 0 Å².